The number of rotatable bonds is 3. The van der Waals surface area contributed by atoms with Crippen LogP contribution in [0.25, 0.3) is 0 Å². The van der Waals surface area contributed by atoms with E-state index in [4.69, 9.17) is 0 Å². The summed E-state index contributed by atoms with van der Waals surface area (Å²) in [5.41, 5.74) is 0.368. The van der Waals surface area contributed by atoms with Gasteiger partial charge in [0, 0.05) is 34.4 Å². The Hall–Kier alpha value is -1.56. The molecule has 0 fully saturated rings. The van der Waals surface area contributed by atoms with Crippen molar-refractivity contribution in [2.24, 2.45) is 0 Å². The van der Waals surface area contributed by atoms with Crippen LogP contribution in [0.15, 0.2) is 34.8 Å². The van der Waals surface area contributed by atoms with Gasteiger partial charge in [-0.2, -0.15) is 0 Å². The summed E-state index contributed by atoms with van der Waals surface area (Å²) in [6, 6.07) is 6.09. The Balaban J connectivity index is 2.14. The van der Waals surface area contributed by atoms with Crippen molar-refractivity contribution in [2.45, 2.75) is 6.54 Å². The normalized spacial score (nSPS) is 10.6. The van der Waals surface area contributed by atoms with E-state index in [1.165, 1.54) is 12.1 Å². The fourth-order valence-electron chi connectivity index (χ4n) is 1.52. The third-order valence-corrected chi connectivity index (χ3v) is 2.98. The molecule has 2 aromatic rings. The van der Waals surface area contributed by atoms with Crippen LogP contribution in [0.5, 0.6) is 0 Å². The van der Waals surface area contributed by atoms with Crippen LogP contribution in [0.4, 0.5) is 23.2 Å². The van der Waals surface area contributed by atoms with Crippen molar-refractivity contribution in [3.05, 3.63) is 63.6 Å². The summed E-state index contributed by atoms with van der Waals surface area (Å²) in [5, 5.41) is 2.63. The van der Waals surface area contributed by atoms with Crippen molar-refractivity contribution in [1.82, 2.24) is 0 Å². The molecule has 100 valence electrons. The van der Waals surface area contributed by atoms with E-state index >= 15 is 0 Å². The molecule has 1 N–H and O–H groups in total. The predicted octanol–water partition coefficient (Wildman–Crippen LogP) is 4.62. The van der Waals surface area contributed by atoms with E-state index < -0.39 is 23.3 Å². The molecule has 0 heterocycles. The van der Waals surface area contributed by atoms with Gasteiger partial charge in [-0.25, -0.2) is 17.6 Å². The average molecular weight is 334 g/mol. The molecule has 0 aliphatic heterocycles. The van der Waals surface area contributed by atoms with Gasteiger partial charge in [0.25, 0.3) is 0 Å². The maximum Gasteiger partial charge on any atom is 0.194 e. The Kier molecular flexibility index (Phi) is 4.09. The van der Waals surface area contributed by atoms with Crippen molar-refractivity contribution in [1.29, 1.82) is 0 Å². The lowest BCUT2D eigenvalue weighted by Crippen LogP contribution is -2.03. The summed E-state index contributed by atoms with van der Waals surface area (Å²) in [6.45, 7) is 0.0314. The van der Waals surface area contributed by atoms with E-state index in [9.17, 15) is 17.6 Å². The lowest BCUT2D eigenvalue weighted by molar-refractivity contribution is 0.447. The first kappa shape index (κ1) is 13.9. The van der Waals surface area contributed by atoms with E-state index in [0.29, 0.717) is 10.0 Å². The van der Waals surface area contributed by atoms with E-state index in [0.717, 1.165) is 12.1 Å². The third kappa shape index (κ3) is 3.26. The van der Waals surface area contributed by atoms with Gasteiger partial charge >= 0.3 is 0 Å². The second-order valence-corrected chi connectivity index (χ2v) is 4.76. The molecule has 0 aliphatic rings. The van der Waals surface area contributed by atoms with Crippen LogP contribution in [0, 0.1) is 23.3 Å². The van der Waals surface area contributed by atoms with Gasteiger partial charge in [0.2, 0.25) is 0 Å². The molecule has 0 aliphatic carbocycles. The molecule has 0 unspecified atom stereocenters. The summed E-state index contributed by atoms with van der Waals surface area (Å²) in [6.07, 6.45) is 0. The first-order valence-corrected chi connectivity index (χ1v) is 6.09. The number of anilines is 1. The summed E-state index contributed by atoms with van der Waals surface area (Å²) >= 11 is 3.12. The highest BCUT2D eigenvalue weighted by atomic mass is 79.9. The molecule has 0 radical (unpaired) electrons. The molecule has 0 aromatic heterocycles. The second kappa shape index (κ2) is 5.61. The van der Waals surface area contributed by atoms with E-state index in [-0.39, 0.29) is 12.2 Å². The van der Waals surface area contributed by atoms with Gasteiger partial charge < -0.3 is 5.32 Å². The Bertz CT molecular complexity index is 593. The standard InChI is InChI=1S/C13H8BrF4N/c14-8-2-1-7(10(15)3-8)6-19-9-4-11(16)13(18)12(17)5-9/h1-5,19H,6H2. The zero-order chi connectivity index (χ0) is 14.0. The molecule has 0 atom stereocenters. The van der Waals surface area contributed by atoms with Crippen LogP contribution < -0.4 is 5.32 Å². The smallest absolute Gasteiger partial charge is 0.194 e. The summed E-state index contributed by atoms with van der Waals surface area (Å²) in [5.74, 6) is -4.57. The average Bonchev–Trinajstić information content (AvgIpc) is 2.34. The Morgan fingerprint density at radius 3 is 2.11 bits per heavy atom. The Labute approximate surface area is 115 Å². The minimum absolute atomic E-state index is 0.0314. The molecule has 0 bridgehead atoms. The molecule has 19 heavy (non-hydrogen) atoms. The molecule has 1 nitrogen and oxygen atoms in total. The van der Waals surface area contributed by atoms with Gasteiger partial charge in [-0.3, -0.25) is 0 Å². The van der Waals surface area contributed by atoms with Crippen molar-refractivity contribution in [3.63, 3.8) is 0 Å². The zero-order valence-corrected chi connectivity index (χ0v) is 11.1. The Morgan fingerprint density at radius 1 is 0.895 bits per heavy atom. The largest absolute Gasteiger partial charge is 0.381 e. The predicted molar refractivity (Wildman–Crippen MR) is 67.7 cm³/mol. The minimum atomic E-state index is -1.53. The van der Waals surface area contributed by atoms with E-state index in [1.54, 1.807) is 6.07 Å². The Morgan fingerprint density at radius 2 is 1.53 bits per heavy atom. The van der Waals surface area contributed by atoms with Crippen LogP contribution in [0.1, 0.15) is 5.56 Å². The van der Waals surface area contributed by atoms with E-state index in [1.807, 2.05) is 0 Å². The fraction of sp³-hybridized carbons (Fsp3) is 0.0769. The number of benzene rings is 2. The SMILES string of the molecule is Fc1cc(Br)ccc1CNc1cc(F)c(F)c(F)c1. The quantitative estimate of drug-likeness (QED) is 0.638. The van der Waals surface area contributed by atoms with Gasteiger partial charge in [0.05, 0.1) is 0 Å². The minimum Gasteiger partial charge on any atom is -0.381 e. The number of halogens is 5. The topological polar surface area (TPSA) is 12.0 Å². The van der Waals surface area contributed by atoms with Gasteiger partial charge in [0.1, 0.15) is 5.82 Å². The molecular weight excluding hydrogens is 326 g/mol. The van der Waals surface area contributed by atoms with Crippen LogP contribution in [-0.2, 0) is 6.54 Å². The first-order valence-electron chi connectivity index (χ1n) is 5.29. The molecule has 6 heteroatoms. The third-order valence-electron chi connectivity index (χ3n) is 2.48. The van der Waals surface area contributed by atoms with Gasteiger partial charge in [0.15, 0.2) is 17.5 Å². The molecule has 2 aromatic carbocycles. The summed E-state index contributed by atoms with van der Waals surface area (Å²) < 4.78 is 52.8. The van der Waals surface area contributed by atoms with Crippen LogP contribution in [0.3, 0.4) is 0 Å². The van der Waals surface area contributed by atoms with Crippen molar-refractivity contribution >= 4 is 21.6 Å². The van der Waals surface area contributed by atoms with Crippen molar-refractivity contribution in [3.8, 4) is 0 Å². The molecule has 0 amide bonds. The number of nitrogens with one attached hydrogen (secondary N) is 1. The first-order chi connectivity index (χ1) is 8.97. The summed E-state index contributed by atoms with van der Waals surface area (Å²) in [4.78, 5) is 0. The monoisotopic (exact) mass is 333 g/mol. The van der Waals surface area contributed by atoms with Gasteiger partial charge in [-0.1, -0.05) is 22.0 Å². The highest BCUT2D eigenvalue weighted by Gasteiger charge is 2.10. The van der Waals surface area contributed by atoms with Gasteiger partial charge in [-0.15, -0.1) is 0 Å². The molecule has 0 spiro atoms. The van der Waals surface area contributed by atoms with Crippen LogP contribution >= 0.6 is 15.9 Å². The zero-order valence-electron chi connectivity index (χ0n) is 9.48. The maximum absolute atomic E-state index is 13.5. The summed E-state index contributed by atoms with van der Waals surface area (Å²) in [7, 11) is 0. The maximum atomic E-state index is 13.5. The van der Waals surface area contributed by atoms with E-state index in [2.05, 4.69) is 21.2 Å². The lowest BCUT2D eigenvalue weighted by atomic mass is 10.2. The molecular formula is C13H8BrF4N. The molecule has 2 rings (SSSR count). The van der Waals surface area contributed by atoms with Gasteiger partial charge in [-0.05, 0) is 12.1 Å². The molecule has 0 saturated carbocycles. The lowest BCUT2D eigenvalue weighted by Gasteiger charge is -2.08. The number of hydrogen-bond acceptors (Lipinski definition) is 1. The number of hydrogen-bond donors (Lipinski definition) is 1. The highest BCUT2D eigenvalue weighted by molar-refractivity contribution is 9.10. The highest BCUT2D eigenvalue weighted by Crippen LogP contribution is 2.20. The van der Waals surface area contributed by atoms with Crippen molar-refractivity contribution in [2.75, 3.05) is 5.32 Å². The van der Waals surface area contributed by atoms with Crippen LogP contribution in [-0.4, -0.2) is 0 Å². The second-order valence-electron chi connectivity index (χ2n) is 3.84. The van der Waals surface area contributed by atoms with Crippen LogP contribution in [0.2, 0.25) is 0 Å². The van der Waals surface area contributed by atoms with Crippen molar-refractivity contribution < 1.29 is 17.6 Å². The fourth-order valence-corrected chi connectivity index (χ4v) is 1.85. The molecule has 0 saturated heterocycles.